The molecule has 0 N–H and O–H groups in total. The highest BCUT2D eigenvalue weighted by Gasteiger charge is 2.11. The van der Waals surface area contributed by atoms with Crippen molar-refractivity contribution >= 4 is 16.0 Å². The second-order valence-electron chi connectivity index (χ2n) is 9.10. The van der Waals surface area contributed by atoms with Crippen LogP contribution in [0.2, 0.25) is 0 Å². The molecule has 0 aliphatic carbocycles. The highest BCUT2D eigenvalue weighted by molar-refractivity contribution is 8.29. The number of carbonyl (C=O) groups is 1. The van der Waals surface area contributed by atoms with E-state index in [-0.39, 0.29) is 10.9 Å². The van der Waals surface area contributed by atoms with Crippen LogP contribution in [-0.2, 0) is 4.79 Å². The summed E-state index contributed by atoms with van der Waals surface area (Å²) in [5, 5.41) is 0.590. The SMILES string of the molecule is CCCCCCCCCCCC[SH](CCCCCCCCCCCC)C(=O)CC. The van der Waals surface area contributed by atoms with Crippen LogP contribution in [0.25, 0.3) is 0 Å². The number of rotatable bonds is 23. The van der Waals surface area contributed by atoms with Gasteiger partial charge >= 0.3 is 0 Å². The molecule has 2 heteroatoms. The molecule has 0 amide bonds. The summed E-state index contributed by atoms with van der Waals surface area (Å²) in [5.41, 5.74) is 0. The molecule has 176 valence electrons. The van der Waals surface area contributed by atoms with Gasteiger partial charge in [-0.3, -0.25) is 4.79 Å². The summed E-state index contributed by atoms with van der Waals surface area (Å²) in [6.45, 7) is 6.64. The summed E-state index contributed by atoms with van der Waals surface area (Å²) in [5.74, 6) is 2.44. The summed E-state index contributed by atoms with van der Waals surface area (Å²) in [4.78, 5) is 12.3. The van der Waals surface area contributed by atoms with Gasteiger partial charge in [0.1, 0.15) is 0 Å². The smallest absolute Gasteiger partial charge is 0.169 e. The van der Waals surface area contributed by atoms with Gasteiger partial charge in [-0.25, -0.2) is 0 Å². The van der Waals surface area contributed by atoms with E-state index in [0.29, 0.717) is 5.12 Å². The third-order valence-electron chi connectivity index (χ3n) is 6.22. The normalized spacial score (nSPS) is 11.8. The first kappa shape index (κ1) is 29.0. The molecule has 0 saturated carbocycles. The highest BCUT2D eigenvalue weighted by atomic mass is 32.2. The first-order valence-electron chi connectivity index (χ1n) is 13.5. The fourth-order valence-corrected chi connectivity index (χ4v) is 6.55. The van der Waals surface area contributed by atoms with E-state index >= 15 is 0 Å². The fourth-order valence-electron chi connectivity index (χ4n) is 4.17. The van der Waals surface area contributed by atoms with E-state index in [1.165, 1.54) is 140 Å². The van der Waals surface area contributed by atoms with E-state index in [1.807, 2.05) is 0 Å². The predicted molar refractivity (Wildman–Crippen MR) is 138 cm³/mol. The molecular formula is C27H56OS. The second-order valence-corrected chi connectivity index (χ2v) is 11.6. The van der Waals surface area contributed by atoms with Crippen molar-refractivity contribution in [3.8, 4) is 0 Å². The minimum atomic E-state index is -0.330. The monoisotopic (exact) mass is 428 g/mol. The molecule has 0 aliphatic rings. The van der Waals surface area contributed by atoms with Crippen molar-refractivity contribution in [1.29, 1.82) is 0 Å². The van der Waals surface area contributed by atoms with Gasteiger partial charge in [-0.1, -0.05) is 136 Å². The van der Waals surface area contributed by atoms with Gasteiger partial charge in [0.15, 0.2) is 5.12 Å². The molecule has 0 atom stereocenters. The summed E-state index contributed by atoms with van der Waals surface area (Å²) in [6.07, 6.45) is 28.6. The first-order chi connectivity index (χ1) is 14.3. The first-order valence-corrected chi connectivity index (χ1v) is 15.2. The average Bonchev–Trinajstić information content (AvgIpc) is 2.74. The zero-order valence-electron chi connectivity index (χ0n) is 20.6. The molecular weight excluding hydrogens is 372 g/mol. The zero-order valence-corrected chi connectivity index (χ0v) is 21.5. The van der Waals surface area contributed by atoms with Crippen molar-refractivity contribution in [2.24, 2.45) is 0 Å². The minimum Gasteiger partial charge on any atom is -0.289 e. The molecule has 0 radical (unpaired) electrons. The largest absolute Gasteiger partial charge is 0.289 e. The maximum absolute atomic E-state index is 12.3. The highest BCUT2D eigenvalue weighted by Crippen LogP contribution is 2.31. The molecule has 0 rings (SSSR count). The molecule has 0 aliphatic heterocycles. The van der Waals surface area contributed by atoms with Gasteiger partial charge in [0.2, 0.25) is 0 Å². The Hall–Kier alpha value is 0.0200. The summed E-state index contributed by atoms with van der Waals surface area (Å²) in [6, 6.07) is 0. The zero-order chi connectivity index (χ0) is 21.4. The Labute approximate surface area is 187 Å². The Morgan fingerprint density at radius 1 is 0.448 bits per heavy atom. The van der Waals surface area contributed by atoms with Crippen LogP contribution in [0.1, 0.15) is 156 Å². The second kappa shape index (κ2) is 24.3. The standard InChI is InChI=1S/C27H56OS/c1-4-7-9-11-13-15-17-19-21-23-25-29(27(28)6-3)26-24-22-20-18-16-14-12-10-8-5-2/h29H,4-26H2,1-3H3. The minimum absolute atomic E-state index is 0.330. The number of thiol groups is 1. The van der Waals surface area contributed by atoms with Crippen LogP contribution >= 0.6 is 10.9 Å². The lowest BCUT2D eigenvalue weighted by Gasteiger charge is -2.19. The molecule has 29 heavy (non-hydrogen) atoms. The van der Waals surface area contributed by atoms with Crippen LogP contribution in [0.15, 0.2) is 0 Å². The van der Waals surface area contributed by atoms with Crippen LogP contribution in [0.4, 0.5) is 0 Å². The van der Waals surface area contributed by atoms with Gasteiger partial charge < -0.3 is 0 Å². The molecule has 0 spiro atoms. The van der Waals surface area contributed by atoms with Gasteiger partial charge in [0.25, 0.3) is 0 Å². The van der Waals surface area contributed by atoms with Crippen LogP contribution < -0.4 is 0 Å². The molecule has 1 nitrogen and oxygen atoms in total. The van der Waals surface area contributed by atoms with Crippen LogP contribution in [-0.4, -0.2) is 16.6 Å². The van der Waals surface area contributed by atoms with Gasteiger partial charge in [-0.05, 0) is 24.3 Å². The number of hydrogen-bond acceptors (Lipinski definition) is 1. The van der Waals surface area contributed by atoms with E-state index < -0.39 is 0 Å². The lowest BCUT2D eigenvalue weighted by Crippen LogP contribution is -2.06. The predicted octanol–water partition coefficient (Wildman–Crippen LogP) is 9.77. The quantitative estimate of drug-likeness (QED) is 0.126. The maximum Gasteiger partial charge on any atom is 0.169 e. The van der Waals surface area contributed by atoms with Gasteiger partial charge in [0, 0.05) is 6.42 Å². The average molecular weight is 429 g/mol. The maximum atomic E-state index is 12.3. The van der Waals surface area contributed by atoms with E-state index in [9.17, 15) is 4.79 Å². The summed E-state index contributed by atoms with van der Waals surface area (Å²) >= 11 is 0. The van der Waals surface area contributed by atoms with Crippen LogP contribution in [0.3, 0.4) is 0 Å². The topological polar surface area (TPSA) is 17.1 Å². The number of carbonyl (C=O) groups excluding carboxylic acids is 1. The molecule has 0 heterocycles. The van der Waals surface area contributed by atoms with Crippen LogP contribution in [0, 0.1) is 0 Å². The van der Waals surface area contributed by atoms with Gasteiger partial charge in [0.05, 0.1) is 0 Å². The number of hydrogen-bond donors (Lipinski definition) is 1. The third kappa shape index (κ3) is 21.1. The van der Waals surface area contributed by atoms with E-state index in [2.05, 4.69) is 20.8 Å². The lowest BCUT2D eigenvalue weighted by atomic mass is 10.1. The van der Waals surface area contributed by atoms with Crippen molar-refractivity contribution in [2.45, 2.75) is 156 Å². The molecule has 0 aromatic rings. The van der Waals surface area contributed by atoms with Crippen molar-refractivity contribution in [3.05, 3.63) is 0 Å². The Balaban J connectivity index is 3.59. The van der Waals surface area contributed by atoms with Gasteiger partial charge in [-0.15, -0.1) is 0 Å². The Bertz CT molecular complexity index is 304. The van der Waals surface area contributed by atoms with Crippen LogP contribution in [0.5, 0.6) is 0 Å². The summed E-state index contributed by atoms with van der Waals surface area (Å²) in [7, 11) is -0.330. The van der Waals surface area contributed by atoms with Gasteiger partial charge in [-0.2, -0.15) is 10.9 Å². The van der Waals surface area contributed by atoms with E-state index in [1.54, 1.807) is 0 Å². The van der Waals surface area contributed by atoms with E-state index in [0.717, 1.165) is 6.42 Å². The van der Waals surface area contributed by atoms with Crippen molar-refractivity contribution in [1.82, 2.24) is 0 Å². The molecule has 0 saturated heterocycles. The number of unbranched alkanes of at least 4 members (excludes halogenated alkanes) is 18. The Morgan fingerprint density at radius 3 is 1.00 bits per heavy atom. The Kier molecular flexibility index (Phi) is 24.3. The molecule has 0 bridgehead atoms. The van der Waals surface area contributed by atoms with Crippen molar-refractivity contribution in [2.75, 3.05) is 11.5 Å². The summed E-state index contributed by atoms with van der Waals surface area (Å²) < 4.78 is 0. The third-order valence-corrected chi connectivity index (χ3v) is 8.95. The molecule has 0 aromatic carbocycles. The molecule has 0 fully saturated rings. The molecule has 0 aromatic heterocycles. The van der Waals surface area contributed by atoms with E-state index in [4.69, 9.17) is 0 Å². The fraction of sp³-hybridized carbons (Fsp3) is 0.963. The van der Waals surface area contributed by atoms with Crippen molar-refractivity contribution in [3.63, 3.8) is 0 Å². The lowest BCUT2D eigenvalue weighted by molar-refractivity contribution is -0.110. The van der Waals surface area contributed by atoms with Crippen molar-refractivity contribution < 1.29 is 4.79 Å². The Morgan fingerprint density at radius 2 is 0.724 bits per heavy atom. The molecule has 0 unspecified atom stereocenters.